The summed E-state index contributed by atoms with van der Waals surface area (Å²) in [5.41, 5.74) is 5.00. The van der Waals surface area contributed by atoms with Crippen LogP contribution < -0.4 is 5.32 Å². The Balaban J connectivity index is 1.63. The lowest BCUT2D eigenvalue weighted by molar-refractivity contribution is 0.0720. The number of amides is 1. The van der Waals surface area contributed by atoms with Gasteiger partial charge < -0.3 is 20.6 Å². The van der Waals surface area contributed by atoms with Crippen molar-refractivity contribution in [1.29, 1.82) is 0 Å². The quantitative estimate of drug-likeness (QED) is 0.626. The Hall–Kier alpha value is -3.67. The molecule has 1 aliphatic heterocycles. The number of nitrogens with one attached hydrogen (secondary N) is 2. The summed E-state index contributed by atoms with van der Waals surface area (Å²) in [7, 11) is 1.77. The standard InChI is InChI=1S/C24H22FN4O/c1-27-12-19(11-26)22-15-29(14-17-4-2-3-5-21(17)22)24(30)23-10-18(13-28-23)16-6-8-20(25)9-7-16/h2-13,22,27-28H,14-15H2,1H3/q-1/b19-12+. The Labute approximate surface area is 174 Å². The van der Waals surface area contributed by atoms with Crippen molar-refractivity contribution in [2.24, 2.45) is 0 Å². The Kier molecular flexibility index (Phi) is 5.48. The minimum Gasteiger partial charge on any atom is -0.810 e. The average Bonchev–Trinajstić information content (AvgIpc) is 3.27. The number of H-pyrrole nitrogens is 1. The smallest absolute Gasteiger partial charge is 0.270 e. The summed E-state index contributed by atoms with van der Waals surface area (Å²) < 4.78 is 13.2. The van der Waals surface area contributed by atoms with Crippen molar-refractivity contribution in [3.63, 3.8) is 0 Å². The van der Waals surface area contributed by atoms with Crippen LogP contribution in [-0.2, 0) is 6.54 Å². The zero-order valence-electron chi connectivity index (χ0n) is 16.6. The van der Waals surface area contributed by atoms with Crippen molar-refractivity contribution in [2.75, 3.05) is 13.6 Å². The van der Waals surface area contributed by atoms with Gasteiger partial charge in [0.2, 0.25) is 0 Å². The molecule has 0 saturated carbocycles. The fourth-order valence-electron chi connectivity index (χ4n) is 3.94. The number of fused-ring (bicyclic) bond motifs is 1. The first-order valence-corrected chi connectivity index (χ1v) is 9.77. The number of benzene rings is 2. The third kappa shape index (κ3) is 3.76. The van der Waals surface area contributed by atoms with Gasteiger partial charge in [0.25, 0.3) is 5.91 Å². The van der Waals surface area contributed by atoms with Gasteiger partial charge in [0.15, 0.2) is 0 Å². The van der Waals surface area contributed by atoms with Gasteiger partial charge in [-0.05, 0) is 52.2 Å². The number of rotatable bonds is 5. The fourth-order valence-corrected chi connectivity index (χ4v) is 3.94. The van der Waals surface area contributed by atoms with E-state index >= 15 is 0 Å². The SMILES string of the molecule is CN/C=C(\C=[N-])C1CN(C(=O)c2cc(-c3ccc(F)cc3)c[nH]2)Cc2ccccc21. The summed E-state index contributed by atoms with van der Waals surface area (Å²) in [6, 6.07) is 15.9. The van der Waals surface area contributed by atoms with E-state index in [-0.39, 0.29) is 17.6 Å². The van der Waals surface area contributed by atoms with E-state index in [4.69, 9.17) is 0 Å². The van der Waals surface area contributed by atoms with E-state index < -0.39 is 0 Å². The molecule has 2 heterocycles. The first-order valence-electron chi connectivity index (χ1n) is 9.77. The molecule has 2 aromatic carbocycles. The number of nitrogens with zero attached hydrogens (tertiary/aromatic N) is 2. The zero-order chi connectivity index (χ0) is 21.1. The second kappa shape index (κ2) is 8.37. The Morgan fingerprint density at radius 3 is 2.70 bits per heavy atom. The van der Waals surface area contributed by atoms with Gasteiger partial charge in [-0.2, -0.15) is 6.21 Å². The van der Waals surface area contributed by atoms with Crippen molar-refractivity contribution >= 4 is 12.1 Å². The molecule has 2 N–H and O–H groups in total. The largest absolute Gasteiger partial charge is 0.810 e. The number of hydrogen-bond donors (Lipinski definition) is 2. The minimum absolute atomic E-state index is 0.121. The number of carbonyl (C=O) groups is 1. The molecule has 1 aromatic heterocycles. The number of halogens is 1. The highest BCUT2D eigenvalue weighted by atomic mass is 19.1. The predicted octanol–water partition coefficient (Wildman–Crippen LogP) is 4.30. The summed E-state index contributed by atoms with van der Waals surface area (Å²) in [5.74, 6) is -0.554. The molecule has 1 amide bonds. The van der Waals surface area contributed by atoms with Crippen molar-refractivity contribution in [1.82, 2.24) is 15.2 Å². The normalized spacial score (nSPS) is 16.1. The molecule has 30 heavy (non-hydrogen) atoms. The molecule has 152 valence electrons. The Bertz CT molecular complexity index is 1100. The van der Waals surface area contributed by atoms with Crippen LogP contribution in [-0.4, -0.2) is 35.6 Å². The summed E-state index contributed by atoms with van der Waals surface area (Å²) in [6.45, 7) is 0.944. The predicted molar refractivity (Wildman–Crippen MR) is 117 cm³/mol. The average molecular weight is 401 g/mol. The Morgan fingerprint density at radius 1 is 1.20 bits per heavy atom. The second-order valence-corrected chi connectivity index (χ2v) is 7.31. The molecule has 1 unspecified atom stereocenters. The maximum Gasteiger partial charge on any atom is 0.270 e. The lowest BCUT2D eigenvalue weighted by Gasteiger charge is -2.35. The third-order valence-corrected chi connectivity index (χ3v) is 5.44. The molecule has 1 atom stereocenters. The van der Waals surface area contributed by atoms with Crippen LogP contribution in [0.4, 0.5) is 4.39 Å². The van der Waals surface area contributed by atoms with Crippen LogP contribution in [0.2, 0.25) is 0 Å². The van der Waals surface area contributed by atoms with Crippen molar-refractivity contribution < 1.29 is 9.18 Å². The van der Waals surface area contributed by atoms with E-state index in [1.165, 1.54) is 12.1 Å². The van der Waals surface area contributed by atoms with Gasteiger partial charge in [0.1, 0.15) is 11.5 Å². The van der Waals surface area contributed by atoms with Crippen LogP contribution in [0.15, 0.2) is 72.6 Å². The fraction of sp³-hybridized carbons (Fsp3) is 0.167. The van der Waals surface area contributed by atoms with Crippen LogP contribution in [0.25, 0.3) is 16.5 Å². The van der Waals surface area contributed by atoms with Gasteiger partial charge in [-0.15, -0.1) is 0 Å². The van der Waals surface area contributed by atoms with E-state index in [9.17, 15) is 14.6 Å². The van der Waals surface area contributed by atoms with E-state index in [0.717, 1.165) is 28.5 Å². The minimum atomic E-state index is -0.297. The van der Waals surface area contributed by atoms with Gasteiger partial charge in [0, 0.05) is 32.3 Å². The van der Waals surface area contributed by atoms with Crippen LogP contribution in [0.3, 0.4) is 0 Å². The number of aromatic amines is 1. The second-order valence-electron chi connectivity index (χ2n) is 7.31. The highest BCUT2D eigenvalue weighted by molar-refractivity contribution is 5.94. The number of hydrogen-bond acceptors (Lipinski definition) is 2. The van der Waals surface area contributed by atoms with E-state index in [0.29, 0.717) is 24.4 Å². The van der Waals surface area contributed by atoms with E-state index in [1.807, 2.05) is 24.3 Å². The van der Waals surface area contributed by atoms with Crippen molar-refractivity contribution in [2.45, 2.75) is 12.5 Å². The molecule has 0 saturated heterocycles. The van der Waals surface area contributed by atoms with Gasteiger partial charge >= 0.3 is 0 Å². The van der Waals surface area contributed by atoms with Crippen LogP contribution in [0.1, 0.15) is 27.5 Å². The summed E-state index contributed by atoms with van der Waals surface area (Å²) >= 11 is 0. The monoisotopic (exact) mass is 401 g/mol. The van der Waals surface area contributed by atoms with Crippen molar-refractivity contribution in [3.05, 3.63) is 101 Å². The lowest BCUT2D eigenvalue weighted by atomic mass is 9.85. The molecule has 1 aliphatic rings. The molecule has 6 heteroatoms. The Morgan fingerprint density at radius 2 is 1.97 bits per heavy atom. The van der Waals surface area contributed by atoms with Crippen LogP contribution in [0.5, 0.6) is 0 Å². The first kappa shape index (κ1) is 19.6. The molecule has 0 radical (unpaired) electrons. The number of aromatic nitrogens is 1. The molecule has 0 fully saturated rings. The van der Waals surface area contributed by atoms with Gasteiger partial charge in [-0.1, -0.05) is 36.4 Å². The zero-order valence-corrected chi connectivity index (χ0v) is 16.6. The third-order valence-electron chi connectivity index (χ3n) is 5.44. The molecular formula is C24H22FN4O-. The van der Waals surface area contributed by atoms with Gasteiger partial charge in [-0.3, -0.25) is 4.79 Å². The van der Waals surface area contributed by atoms with Gasteiger partial charge in [0.05, 0.1) is 0 Å². The van der Waals surface area contributed by atoms with Gasteiger partial charge in [-0.25, -0.2) is 4.39 Å². The maximum absolute atomic E-state index is 13.2. The van der Waals surface area contributed by atoms with Crippen LogP contribution in [0, 0.1) is 5.82 Å². The molecule has 5 nitrogen and oxygen atoms in total. The summed E-state index contributed by atoms with van der Waals surface area (Å²) in [5, 5.41) is 12.7. The molecule has 0 aliphatic carbocycles. The molecular weight excluding hydrogens is 379 g/mol. The topological polar surface area (TPSA) is 70.4 Å². The highest BCUT2D eigenvalue weighted by Gasteiger charge is 2.30. The highest BCUT2D eigenvalue weighted by Crippen LogP contribution is 2.33. The maximum atomic E-state index is 13.2. The van der Waals surface area contributed by atoms with E-state index in [1.54, 1.807) is 42.5 Å². The summed E-state index contributed by atoms with van der Waals surface area (Å²) in [6.07, 6.45) is 4.59. The molecule has 0 spiro atoms. The van der Waals surface area contributed by atoms with E-state index in [2.05, 4.69) is 10.3 Å². The number of carbonyl (C=O) groups excluding carboxylic acids is 1. The molecule has 4 rings (SSSR count). The summed E-state index contributed by atoms with van der Waals surface area (Å²) in [4.78, 5) is 18.1. The molecule has 3 aromatic rings. The first-order chi connectivity index (χ1) is 14.6. The molecule has 0 bridgehead atoms. The van der Waals surface area contributed by atoms with Crippen LogP contribution >= 0.6 is 0 Å². The lowest BCUT2D eigenvalue weighted by Crippen LogP contribution is -2.39. The van der Waals surface area contributed by atoms with Crippen molar-refractivity contribution in [3.8, 4) is 11.1 Å².